The summed E-state index contributed by atoms with van der Waals surface area (Å²) in [4.78, 5) is 15.7. The Morgan fingerprint density at radius 1 is 1.20 bits per heavy atom. The van der Waals surface area contributed by atoms with Gasteiger partial charge in [-0.2, -0.15) is 0 Å². The molecule has 0 saturated carbocycles. The molecule has 0 radical (unpaired) electrons. The molecule has 1 amide bonds. The molecule has 2 aromatic rings. The first-order chi connectivity index (χ1) is 9.65. The van der Waals surface area contributed by atoms with E-state index in [0.29, 0.717) is 17.5 Å². The van der Waals surface area contributed by atoms with Crippen molar-refractivity contribution in [2.75, 3.05) is 11.9 Å². The van der Waals surface area contributed by atoms with Crippen LogP contribution >= 0.6 is 0 Å². The molecular weight excluding hydrogens is 252 g/mol. The van der Waals surface area contributed by atoms with Crippen molar-refractivity contribution in [1.29, 1.82) is 0 Å². The molecule has 20 heavy (non-hydrogen) atoms. The summed E-state index contributed by atoms with van der Waals surface area (Å²) in [5.41, 5.74) is 1.25. The molecule has 1 aromatic carbocycles. The second kappa shape index (κ2) is 6.70. The Morgan fingerprint density at radius 2 is 1.95 bits per heavy atom. The van der Waals surface area contributed by atoms with Crippen molar-refractivity contribution < 1.29 is 9.53 Å². The molecule has 0 aliphatic rings. The summed E-state index contributed by atoms with van der Waals surface area (Å²) in [6.45, 7) is 4.24. The lowest BCUT2D eigenvalue weighted by molar-refractivity contribution is -0.118. The van der Waals surface area contributed by atoms with Gasteiger partial charge in [0.25, 0.3) is 5.91 Å². The smallest absolute Gasteiger partial charge is 0.263 e. The van der Waals surface area contributed by atoms with E-state index in [1.807, 2.05) is 30.3 Å². The minimum Gasteiger partial charge on any atom is -0.484 e. The van der Waals surface area contributed by atoms with E-state index < -0.39 is 0 Å². The molecule has 104 valence electrons. The summed E-state index contributed by atoms with van der Waals surface area (Å²) < 4.78 is 5.43. The molecular formula is C16H18N2O2. The van der Waals surface area contributed by atoms with Gasteiger partial charge in [-0.05, 0) is 35.7 Å². The van der Waals surface area contributed by atoms with E-state index in [0.717, 1.165) is 0 Å². The molecule has 0 bridgehead atoms. The zero-order valence-electron chi connectivity index (χ0n) is 11.7. The van der Waals surface area contributed by atoms with Crippen LogP contribution in [0.1, 0.15) is 25.3 Å². The maximum atomic E-state index is 11.7. The van der Waals surface area contributed by atoms with Crippen LogP contribution in [0.5, 0.6) is 5.75 Å². The predicted octanol–water partition coefficient (Wildman–Crippen LogP) is 3.22. The third-order valence-corrected chi connectivity index (χ3v) is 2.85. The van der Waals surface area contributed by atoms with Crippen LogP contribution in [0.25, 0.3) is 0 Å². The highest BCUT2D eigenvalue weighted by molar-refractivity contribution is 5.90. The summed E-state index contributed by atoms with van der Waals surface area (Å²) in [6, 6.07) is 13.1. The summed E-state index contributed by atoms with van der Waals surface area (Å²) in [7, 11) is 0. The lowest BCUT2D eigenvalue weighted by atomic mass is 10.0. The number of rotatable bonds is 5. The van der Waals surface area contributed by atoms with Gasteiger partial charge >= 0.3 is 0 Å². The fourth-order valence-corrected chi connectivity index (χ4v) is 1.71. The van der Waals surface area contributed by atoms with Gasteiger partial charge in [0.05, 0.1) is 0 Å². The average Bonchev–Trinajstić information content (AvgIpc) is 2.46. The molecule has 0 unspecified atom stereocenters. The Labute approximate surface area is 118 Å². The number of benzene rings is 1. The topological polar surface area (TPSA) is 51.2 Å². The highest BCUT2D eigenvalue weighted by Gasteiger charge is 2.04. The second-order valence-corrected chi connectivity index (χ2v) is 4.78. The van der Waals surface area contributed by atoms with E-state index in [4.69, 9.17) is 4.74 Å². The summed E-state index contributed by atoms with van der Waals surface area (Å²) >= 11 is 0. The number of amides is 1. The standard InChI is InChI=1S/C16H18N2O2/c1-12(2)13-6-8-14(9-7-13)20-11-16(19)18-15-5-3-4-10-17-15/h3-10,12H,11H2,1-2H3,(H,17,18,19). The predicted molar refractivity (Wildman–Crippen MR) is 78.9 cm³/mol. The van der Waals surface area contributed by atoms with Crippen molar-refractivity contribution in [2.24, 2.45) is 0 Å². The number of anilines is 1. The van der Waals surface area contributed by atoms with E-state index in [1.165, 1.54) is 5.56 Å². The monoisotopic (exact) mass is 270 g/mol. The SMILES string of the molecule is CC(C)c1ccc(OCC(=O)Nc2ccccn2)cc1. The number of carbonyl (C=O) groups excluding carboxylic acids is 1. The van der Waals surface area contributed by atoms with Crippen molar-refractivity contribution in [1.82, 2.24) is 4.98 Å². The van der Waals surface area contributed by atoms with E-state index in [1.54, 1.807) is 18.3 Å². The molecule has 4 nitrogen and oxygen atoms in total. The third-order valence-electron chi connectivity index (χ3n) is 2.85. The van der Waals surface area contributed by atoms with Crippen LogP contribution in [-0.2, 0) is 4.79 Å². The molecule has 0 aliphatic heterocycles. The number of ether oxygens (including phenoxy) is 1. The van der Waals surface area contributed by atoms with Crippen LogP contribution in [0.2, 0.25) is 0 Å². The fraction of sp³-hybridized carbons (Fsp3) is 0.250. The molecule has 0 spiro atoms. The Kier molecular flexibility index (Phi) is 4.71. The van der Waals surface area contributed by atoms with Gasteiger partial charge in [-0.25, -0.2) is 4.98 Å². The maximum absolute atomic E-state index is 11.7. The number of pyridine rings is 1. The number of hydrogen-bond acceptors (Lipinski definition) is 3. The molecule has 0 aliphatic carbocycles. The lowest BCUT2D eigenvalue weighted by Gasteiger charge is -2.09. The van der Waals surface area contributed by atoms with Crippen molar-refractivity contribution in [3.8, 4) is 5.75 Å². The van der Waals surface area contributed by atoms with Crippen molar-refractivity contribution in [3.63, 3.8) is 0 Å². The lowest BCUT2D eigenvalue weighted by Crippen LogP contribution is -2.20. The van der Waals surface area contributed by atoms with E-state index in [2.05, 4.69) is 24.1 Å². The number of aromatic nitrogens is 1. The average molecular weight is 270 g/mol. The summed E-state index contributed by atoms with van der Waals surface area (Å²) in [5.74, 6) is 1.47. The van der Waals surface area contributed by atoms with Crippen LogP contribution in [0.3, 0.4) is 0 Å². The number of hydrogen-bond donors (Lipinski definition) is 1. The van der Waals surface area contributed by atoms with Gasteiger partial charge < -0.3 is 10.1 Å². The quantitative estimate of drug-likeness (QED) is 0.907. The molecule has 1 aromatic heterocycles. The van der Waals surface area contributed by atoms with Crippen molar-refractivity contribution in [2.45, 2.75) is 19.8 Å². The van der Waals surface area contributed by atoms with E-state index in [-0.39, 0.29) is 12.5 Å². The van der Waals surface area contributed by atoms with Gasteiger partial charge in [0.2, 0.25) is 0 Å². The number of nitrogens with zero attached hydrogens (tertiary/aromatic N) is 1. The Hall–Kier alpha value is -2.36. The molecule has 2 rings (SSSR count). The molecule has 0 atom stereocenters. The van der Waals surface area contributed by atoms with Gasteiger partial charge in [0.15, 0.2) is 6.61 Å². The molecule has 4 heteroatoms. The fourth-order valence-electron chi connectivity index (χ4n) is 1.71. The summed E-state index contributed by atoms with van der Waals surface area (Å²) in [6.07, 6.45) is 1.63. The Morgan fingerprint density at radius 3 is 2.55 bits per heavy atom. The second-order valence-electron chi connectivity index (χ2n) is 4.78. The van der Waals surface area contributed by atoms with Crippen LogP contribution in [0.15, 0.2) is 48.7 Å². The largest absolute Gasteiger partial charge is 0.484 e. The zero-order valence-corrected chi connectivity index (χ0v) is 11.7. The van der Waals surface area contributed by atoms with E-state index >= 15 is 0 Å². The van der Waals surface area contributed by atoms with Crippen molar-refractivity contribution >= 4 is 11.7 Å². The number of carbonyl (C=O) groups is 1. The van der Waals surface area contributed by atoms with Crippen LogP contribution in [0, 0.1) is 0 Å². The molecule has 1 heterocycles. The Balaban J connectivity index is 1.84. The third kappa shape index (κ3) is 4.09. The number of nitrogens with one attached hydrogen (secondary N) is 1. The minimum absolute atomic E-state index is 0.0302. The normalized spacial score (nSPS) is 10.3. The zero-order chi connectivity index (χ0) is 14.4. The molecule has 1 N–H and O–H groups in total. The first-order valence-corrected chi connectivity index (χ1v) is 6.59. The minimum atomic E-state index is -0.225. The molecule has 0 saturated heterocycles. The van der Waals surface area contributed by atoms with E-state index in [9.17, 15) is 4.79 Å². The highest BCUT2D eigenvalue weighted by Crippen LogP contribution is 2.18. The highest BCUT2D eigenvalue weighted by atomic mass is 16.5. The summed E-state index contributed by atoms with van der Waals surface area (Å²) in [5, 5.41) is 2.67. The van der Waals surface area contributed by atoms with Gasteiger partial charge in [0.1, 0.15) is 11.6 Å². The van der Waals surface area contributed by atoms with Gasteiger partial charge in [-0.1, -0.05) is 32.0 Å². The van der Waals surface area contributed by atoms with Crippen LogP contribution in [-0.4, -0.2) is 17.5 Å². The Bertz CT molecular complexity index is 550. The van der Waals surface area contributed by atoms with Gasteiger partial charge in [-0.3, -0.25) is 4.79 Å². The maximum Gasteiger partial charge on any atom is 0.263 e. The van der Waals surface area contributed by atoms with Crippen molar-refractivity contribution in [3.05, 3.63) is 54.2 Å². The van der Waals surface area contributed by atoms with Crippen LogP contribution < -0.4 is 10.1 Å². The molecule has 0 fully saturated rings. The van der Waals surface area contributed by atoms with Gasteiger partial charge in [-0.15, -0.1) is 0 Å². The first-order valence-electron chi connectivity index (χ1n) is 6.59. The first kappa shape index (κ1) is 14.1. The van der Waals surface area contributed by atoms with Crippen LogP contribution in [0.4, 0.5) is 5.82 Å². The van der Waals surface area contributed by atoms with Gasteiger partial charge in [0, 0.05) is 6.20 Å².